The molecule has 8 heteroatoms. The topological polar surface area (TPSA) is 108 Å². The zero-order chi connectivity index (χ0) is 22.1. The fraction of sp³-hybridized carbons (Fsp3) is 0.739. The Kier molecular flexibility index (Phi) is 9.14. The lowest BCUT2D eigenvalue weighted by molar-refractivity contribution is -0.139. The molecule has 1 aliphatic carbocycles. The molecular formula is C23H37N3O4S. The van der Waals surface area contributed by atoms with Crippen LogP contribution in [0.3, 0.4) is 0 Å². The summed E-state index contributed by atoms with van der Waals surface area (Å²) in [6.45, 7) is 1.03. The molecule has 1 aromatic rings. The number of rotatable bonds is 12. The summed E-state index contributed by atoms with van der Waals surface area (Å²) in [5.41, 5.74) is 3.49. The number of unbranched alkanes of at least 4 members (excludes halogenated alkanes) is 4. The summed E-state index contributed by atoms with van der Waals surface area (Å²) in [5.74, 6) is -1.08. The van der Waals surface area contributed by atoms with E-state index in [0.29, 0.717) is 25.7 Å². The number of anilines is 1. The van der Waals surface area contributed by atoms with Crippen LogP contribution in [-0.4, -0.2) is 42.3 Å². The van der Waals surface area contributed by atoms with Crippen LogP contribution in [-0.2, 0) is 27.7 Å². The lowest BCUT2D eigenvalue weighted by Crippen LogP contribution is -2.45. The Balaban J connectivity index is 1.32. The third kappa shape index (κ3) is 7.45. The Morgan fingerprint density at radius 2 is 1.84 bits per heavy atom. The minimum Gasteiger partial charge on any atom is -0.480 e. The molecule has 1 unspecified atom stereocenters. The molecule has 2 aliphatic rings. The molecule has 1 atom stereocenters. The summed E-state index contributed by atoms with van der Waals surface area (Å²) >= 11 is 0. The number of carboxylic acid groups (broad SMARTS) is 1. The van der Waals surface area contributed by atoms with Crippen LogP contribution < -0.4 is 10.0 Å². The van der Waals surface area contributed by atoms with Crippen LogP contribution in [0, 0.1) is 0 Å². The van der Waals surface area contributed by atoms with E-state index in [9.17, 15) is 18.3 Å². The molecule has 1 aromatic heterocycles. The van der Waals surface area contributed by atoms with Crippen molar-refractivity contribution in [1.82, 2.24) is 9.71 Å². The number of carbonyl (C=O) groups is 1. The number of nitrogens with one attached hydrogen (secondary N) is 2. The first-order valence-corrected chi connectivity index (χ1v) is 13.5. The Hall–Kier alpha value is -1.67. The number of hydrogen-bond acceptors (Lipinski definition) is 5. The third-order valence-corrected chi connectivity index (χ3v) is 8.42. The van der Waals surface area contributed by atoms with Gasteiger partial charge in [0.05, 0.1) is 16.6 Å². The van der Waals surface area contributed by atoms with Crippen LogP contribution in [0.25, 0.3) is 0 Å². The van der Waals surface area contributed by atoms with Crippen molar-refractivity contribution in [3.63, 3.8) is 0 Å². The monoisotopic (exact) mass is 451 g/mol. The van der Waals surface area contributed by atoms with Gasteiger partial charge in [0.25, 0.3) is 0 Å². The second-order valence-electron chi connectivity index (χ2n) is 8.95. The Labute approximate surface area is 186 Å². The highest BCUT2D eigenvalue weighted by molar-refractivity contribution is 7.90. The van der Waals surface area contributed by atoms with Crippen LogP contribution in [0.2, 0.25) is 0 Å². The van der Waals surface area contributed by atoms with Crippen LogP contribution in [0.5, 0.6) is 0 Å². The van der Waals surface area contributed by atoms with E-state index in [0.717, 1.165) is 76.4 Å². The van der Waals surface area contributed by atoms with Crippen LogP contribution in [0.4, 0.5) is 5.69 Å². The zero-order valence-corrected chi connectivity index (χ0v) is 19.3. The number of aromatic nitrogens is 1. The van der Waals surface area contributed by atoms with E-state index in [1.807, 2.05) is 0 Å². The average Bonchev–Trinajstić information content (AvgIpc) is 2.78. The molecule has 7 nitrogen and oxygen atoms in total. The SMILES string of the molecule is O=C(O)C(CCCCCCCc1ccc2c(n1)CCCN2)NS(=O)(=O)C1CCCCC1. The van der Waals surface area contributed by atoms with Gasteiger partial charge in [-0.15, -0.1) is 0 Å². The van der Waals surface area contributed by atoms with Gasteiger partial charge in [0.1, 0.15) is 6.04 Å². The lowest BCUT2D eigenvalue weighted by Gasteiger charge is -2.24. The number of fused-ring (bicyclic) bond motifs is 1. The number of hydrogen-bond donors (Lipinski definition) is 3. The number of aryl methyl sites for hydroxylation is 2. The fourth-order valence-corrected chi connectivity index (χ4v) is 6.37. The van der Waals surface area contributed by atoms with Crippen molar-refractivity contribution >= 4 is 21.7 Å². The van der Waals surface area contributed by atoms with Crippen molar-refractivity contribution in [2.45, 2.75) is 101 Å². The molecule has 1 aliphatic heterocycles. The van der Waals surface area contributed by atoms with Gasteiger partial charge < -0.3 is 10.4 Å². The first kappa shape index (κ1) is 24.0. The van der Waals surface area contributed by atoms with Gasteiger partial charge in [-0.25, -0.2) is 13.1 Å². The van der Waals surface area contributed by atoms with Gasteiger partial charge >= 0.3 is 5.97 Å². The lowest BCUT2D eigenvalue weighted by atomic mass is 10.0. The zero-order valence-electron chi connectivity index (χ0n) is 18.4. The highest BCUT2D eigenvalue weighted by Gasteiger charge is 2.31. The van der Waals surface area contributed by atoms with Crippen molar-refractivity contribution in [1.29, 1.82) is 0 Å². The molecule has 0 saturated heterocycles. The molecule has 0 aromatic carbocycles. The Morgan fingerprint density at radius 1 is 1.10 bits per heavy atom. The maximum Gasteiger partial charge on any atom is 0.321 e. The Bertz CT molecular complexity index is 822. The number of carboxylic acids is 1. The fourth-order valence-electron chi connectivity index (χ4n) is 4.60. The van der Waals surface area contributed by atoms with E-state index < -0.39 is 27.3 Å². The standard InChI is InChI=1S/C23H37N3O4S/c27-23(28)22(26-31(29,30)19-11-6-4-7-12-19)13-8-3-1-2-5-10-18-15-16-20-21(25-18)14-9-17-24-20/h15-16,19,22,24,26H,1-14,17H2,(H,27,28). The number of pyridine rings is 1. The predicted molar refractivity (Wildman–Crippen MR) is 123 cm³/mol. The molecular weight excluding hydrogens is 414 g/mol. The Morgan fingerprint density at radius 3 is 2.61 bits per heavy atom. The molecule has 0 bridgehead atoms. The van der Waals surface area contributed by atoms with Gasteiger partial charge in [0.2, 0.25) is 10.0 Å². The molecule has 1 saturated carbocycles. The minimum atomic E-state index is -3.56. The first-order chi connectivity index (χ1) is 15.0. The van der Waals surface area contributed by atoms with Gasteiger partial charge in [-0.1, -0.05) is 44.9 Å². The summed E-state index contributed by atoms with van der Waals surface area (Å²) < 4.78 is 27.5. The van der Waals surface area contributed by atoms with E-state index in [1.165, 1.54) is 11.4 Å². The molecule has 0 spiro atoms. The average molecular weight is 452 g/mol. The predicted octanol–water partition coefficient (Wildman–Crippen LogP) is 4.03. The van der Waals surface area contributed by atoms with Gasteiger partial charge in [-0.2, -0.15) is 0 Å². The van der Waals surface area contributed by atoms with E-state index in [4.69, 9.17) is 4.98 Å². The summed E-state index contributed by atoms with van der Waals surface area (Å²) in [7, 11) is -3.56. The van der Waals surface area contributed by atoms with Gasteiger partial charge in [-0.05, 0) is 57.1 Å². The third-order valence-electron chi connectivity index (χ3n) is 6.46. The van der Waals surface area contributed by atoms with Crippen LogP contribution in [0.1, 0.15) is 88.4 Å². The summed E-state index contributed by atoms with van der Waals surface area (Å²) in [6, 6.07) is 3.23. The highest BCUT2D eigenvalue weighted by Crippen LogP contribution is 2.24. The van der Waals surface area contributed by atoms with E-state index >= 15 is 0 Å². The van der Waals surface area contributed by atoms with Crippen molar-refractivity contribution in [3.8, 4) is 0 Å². The van der Waals surface area contributed by atoms with Gasteiger partial charge in [0, 0.05) is 12.2 Å². The highest BCUT2D eigenvalue weighted by atomic mass is 32.2. The number of aliphatic carboxylic acids is 1. The van der Waals surface area contributed by atoms with Crippen molar-refractivity contribution in [2.24, 2.45) is 0 Å². The molecule has 31 heavy (non-hydrogen) atoms. The summed E-state index contributed by atoms with van der Waals surface area (Å²) in [5, 5.41) is 12.4. The summed E-state index contributed by atoms with van der Waals surface area (Å²) in [4.78, 5) is 16.3. The molecule has 3 N–H and O–H groups in total. The molecule has 3 rings (SSSR count). The number of nitrogens with zero attached hydrogens (tertiary/aromatic N) is 1. The van der Waals surface area contributed by atoms with E-state index in [2.05, 4.69) is 22.2 Å². The summed E-state index contributed by atoms with van der Waals surface area (Å²) in [6.07, 6.45) is 12.4. The molecule has 2 heterocycles. The maximum absolute atomic E-state index is 12.5. The van der Waals surface area contributed by atoms with E-state index in [-0.39, 0.29) is 0 Å². The normalized spacial score (nSPS) is 18.2. The minimum absolute atomic E-state index is 0.348. The van der Waals surface area contributed by atoms with E-state index in [1.54, 1.807) is 0 Å². The van der Waals surface area contributed by atoms with Crippen molar-refractivity contribution in [3.05, 3.63) is 23.5 Å². The largest absolute Gasteiger partial charge is 0.480 e. The molecule has 0 amide bonds. The smallest absolute Gasteiger partial charge is 0.321 e. The van der Waals surface area contributed by atoms with Crippen LogP contribution in [0.15, 0.2) is 12.1 Å². The second-order valence-corrected chi connectivity index (χ2v) is 10.9. The molecule has 174 valence electrons. The van der Waals surface area contributed by atoms with Gasteiger partial charge in [0.15, 0.2) is 0 Å². The number of sulfonamides is 1. The van der Waals surface area contributed by atoms with Crippen molar-refractivity contribution < 1.29 is 18.3 Å². The quantitative estimate of drug-likeness (QED) is 0.414. The van der Waals surface area contributed by atoms with Gasteiger partial charge in [-0.3, -0.25) is 9.78 Å². The molecule has 0 radical (unpaired) electrons. The molecule has 1 fully saturated rings. The van der Waals surface area contributed by atoms with Crippen molar-refractivity contribution in [2.75, 3.05) is 11.9 Å². The first-order valence-electron chi connectivity index (χ1n) is 11.9. The maximum atomic E-state index is 12.5. The van der Waals surface area contributed by atoms with Crippen LogP contribution >= 0.6 is 0 Å². The second kappa shape index (κ2) is 11.8.